The number of carboxylic acids is 1. The van der Waals surface area contributed by atoms with E-state index < -0.39 is 5.97 Å². The van der Waals surface area contributed by atoms with E-state index in [0.717, 1.165) is 24.9 Å². The molecule has 1 atom stereocenters. The van der Waals surface area contributed by atoms with Gasteiger partial charge in [0.2, 0.25) is 0 Å². The van der Waals surface area contributed by atoms with Gasteiger partial charge < -0.3 is 5.11 Å². The third-order valence-electron chi connectivity index (χ3n) is 3.53. The molecule has 0 saturated carbocycles. The average molecular weight is 251 g/mol. The molecule has 0 amide bonds. The van der Waals surface area contributed by atoms with Crippen LogP contribution in [0.25, 0.3) is 0 Å². The summed E-state index contributed by atoms with van der Waals surface area (Å²) < 4.78 is 13.4. The molecule has 0 aliphatic carbocycles. The number of hydrogen-bond acceptors (Lipinski definition) is 2. The molecule has 1 aromatic rings. The Kier molecular flexibility index (Phi) is 3.97. The Morgan fingerprint density at radius 2 is 2.33 bits per heavy atom. The number of aryl methyl sites for hydroxylation is 1. The lowest BCUT2D eigenvalue weighted by Gasteiger charge is -2.23. The van der Waals surface area contributed by atoms with Gasteiger partial charge in [-0.3, -0.25) is 9.69 Å². The summed E-state index contributed by atoms with van der Waals surface area (Å²) in [6, 6.07) is 5.32. The van der Waals surface area contributed by atoms with Gasteiger partial charge in [0.05, 0.1) is 6.42 Å². The fourth-order valence-corrected chi connectivity index (χ4v) is 2.51. The van der Waals surface area contributed by atoms with Crippen LogP contribution in [0.5, 0.6) is 0 Å². The third kappa shape index (κ3) is 3.07. The lowest BCUT2D eigenvalue weighted by Crippen LogP contribution is -2.30. The first-order chi connectivity index (χ1) is 8.56. The second kappa shape index (κ2) is 5.48. The highest BCUT2D eigenvalue weighted by atomic mass is 19.1. The lowest BCUT2D eigenvalue weighted by molar-refractivity contribution is -0.138. The number of halogens is 1. The zero-order chi connectivity index (χ0) is 13.1. The third-order valence-corrected chi connectivity index (χ3v) is 3.53. The van der Waals surface area contributed by atoms with Crippen LogP contribution in [-0.4, -0.2) is 28.6 Å². The molecule has 1 N–H and O–H groups in total. The van der Waals surface area contributed by atoms with Crippen LogP contribution >= 0.6 is 0 Å². The van der Waals surface area contributed by atoms with Crippen LogP contribution in [0.15, 0.2) is 18.2 Å². The van der Waals surface area contributed by atoms with Gasteiger partial charge in [-0.05, 0) is 43.5 Å². The number of likely N-dealkylation sites (tertiary alicyclic amines) is 1. The van der Waals surface area contributed by atoms with E-state index in [4.69, 9.17) is 5.11 Å². The molecule has 3 nitrogen and oxygen atoms in total. The van der Waals surface area contributed by atoms with Crippen LogP contribution in [0.4, 0.5) is 4.39 Å². The number of carbonyl (C=O) groups is 1. The summed E-state index contributed by atoms with van der Waals surface area (Å²) in [4.78, 5) is 12.9. The van der Waals surface area contributed by atoms with Crippen molar-refractivity contribution in [1.82, 2.24) is 4.90 Å². The highest BCUT2D eigenvalue weighted by Gasteiger charge is 2.26. The molecule has 1 heterocycles. The molecular weight excluding hydrogens is 233 g/mol. The lowest BCUT2D eigenvalue weighted by atomic mass is 10.1. The Morgan fingerprint density at radius 3 is 3.00 bits per heavy atom. The molecule has 1 unspecified atom stereocenters. The molecule has 18 heavy (non-hydrogen) atoms. The van der Waals surface area contributed by atoms with E-state index in [-0.39, 0.29) is 18.3 Å². The molecule has 98 valence electrons. The van der Waals surface area contributed by atoms with E-state index in [0.29, 0.717) is 12.1 Å². The van der Waals surface area contributed by atoms with Crippen molar-refractivity contribution in [2.45, 2.75) is 38.8 Å². The summed E-state index contributed by atoms with van der Waals surface area (Å²) >= 11 is 0. The van der Waals surface area contributed by atoms with E-state index >= 15 is 0 Å². The first-order valence-electron chi connectivity index (χ1n) is 6.27. The first-order valence-corrected chi connectivity index (χ1v) is 6.27. The van der Waals surface area contributed by atoms with Crippen molar-refractivity contribution < 1.29 is 14.3 Å². The molecule has 0 aromatic heterocycles. The maximum absolute atomic E-state index is 13.4. The van der Waals surface area contributed by atoms with Crippen LogP contribution in [0, 0.1) is 12.7 Å². The average Bonchev–Trinajstić information content (AvgIpc) is 2.70. The van der Waals surface area contributed by atoms with Crippen molar-refractivity contribution >= 4 is 5.97 Å². The normalized spacial score (nSPS) is 20.2. The van der Waals surface area contributed by atoms with Gasteiger partial charge in [-0.1, -0.05) is 12.1 Å². The molecule has 1 aliphatic rings. The van der Waals surface area contributed by atoms with Crippen molar-refractivity contribution in [3.8, 4) is 0 Å². The molecule has 0 bridgehead atoms. The SMILES string of the molecule is Cc1ccc(CN2CCCC2CC(=O)O)cc1F. The molecule has 1 aromatic carbocycles. The van der Waals surface area contributed by atoms with Gasteiger partial charge in [0, 0.05) is 12.6 Å². The van der Waals surface area contributed by atoms with E-state index in [1.165, 1.54) is 0 Å². The molecule has 0 spiro atoms. The maximum atomic E-state index is 13.4. The zero-order valence-corrected chi connectivity index (χ0v) is 10.5. The second-order valence-corrected chi connectivity index (χ2v) is 4.95. The second-order valence-electron chi connectivity index (χ2n) is 4.95. The van der Waals surface area contributed by atoms with Gasteiger partial charge >= 0.3 is 5.97 Å². The van der Waals surface area contributed by atoms with E-state index in [9.17, 15) is 9.18 Å². The van der Waals surface area contributed by atoms with E-state index in [1.54, 1.807) is 19.1 Å². The molecule has 1 fully saturated rings. The quantitative estimate of drug-likeness (QED) is 0.894. The van der Waals surface area contributed by atoms with E-state index in [2.05, 4.69) is 4.90 Å². The van der Waals surface area contributed by atoms with Gasteiger partial charge in [0.1, 0.15) is 5.82 Å². The number of aliphatic carboxylic acids is 1. The summed E-state index contributed by atoms with van der Waals surface area (Å²) in [5.41, 5.74) is 1.55. The Balaban J connectivity index is 2.03. The van der Waals surface area contributed by atoms with Crippen LogP contribution < -0.4 is 0 Å². The van der Waals surface area contributed by atoms with Gasteiger partial charge in [-0.15, -0.1) is 0 Å². The maximum Gasteiger partial charge on any atom is 0.304 e. The number of rotatable bonds is 4. The predicted molar refractivity (Wildman–Crippen MR) is 66.8 cm³/mol. The first kappa shape index (κ1) is 13.0. The molecule has 1 aliphatic heterocycles. The highest BCUT2D eigenvalue weighted by molar-refractivity contribution is 5.67. The zero-order valence-electron chi connectivity index (χ0n) is 10.5. The van der Waals surface area contributed by atoms with Crippen molar-refractivity contribution in [3.05, 3.63) is 35.1 Å². The largest absolute Gasteiger partial charge is 0.481 e. The molecular formula is C14H18FNO2. The van der Waals surface area contributed by atoms with Gasteiger partial charge in [-0.2, -0.15) is 0 Å². The van der Waals surface area contributed by atoms with Crippen molar-refractivity contribution in [2.24, 2.45) is 0 Å². The van der Waals surface area contributed by atoms with Crippen LogP contribution in [0.3, 0.4) is 0 Å². The monoisotopic (exact) mass is 251 g/mol. The highest BCUT2D eigenvalue weighted by Crippen LogP contribution is 2.23. The van der Waals surface area contributed by atoms with Crippen molar-refractivity contribution in [3.63, 3.8) is 0 Å². The summed E-state index contributed by atoms with van der Waals surface area (Å²) in [5, 5.41) is 8.85. The standard InChI is InChI=1S/C14H18FNO2/c1-10-4-5-11(7-13(10)15)9-16-6-2-3-12(16)8-14(17)18/h4-5,7,12H,2-3,6,8-9H2,1H3,(H,17,18). The molecule has 4 heteroatoms. The van der Waals surface area contributed by atoms with Crippen LogP contribution in [-0.2, 0) is 11.3 Å². The van der Waals surface area contributed by atoms with Crippen LogP contribution in [0.2, 0.25) is 0 Å². The topological polar surface area (TPSA) is 40.5 Å². The van der Waals surface area contributed by atoms with Crippen LogP contribution in [0.1, 0.15) is 30.4 Å². The number of carboxylic acid groups (broad SMARTS) is 1. The summed E-state index contributed by atoms with van der Waals surface area (Å²) in [5.74, 6) is -0.955. The van der Waals surface area contributed by atoms with Crippen molar-refractivity contribution in [1.29, 1.82) is 0 Å². The number of nitrogens with zero attached hydrogens (tertiary/aromatic N) is 1. The van der Waals surface area contributed by atoms with Gasteiger partial charge in [0.25, 0.3) is 0 Å². The van der Waals surface area contributed by atoms with Gasteiger partial charge in [-0.25, -0.2) is 4.39 Å². The molecule has 2 rings (SSSR count). The minimum atomic E-state index is -0.762. The summed E-state index contributed by atoms with van der Waals surface area (Å²) in [6.07, 6.45) is 2.11. The Labute approximate surface area is 106 Å². The predicted octanol–water partition coefficient (Wildman–Crippen LogP) is 2.57. The Bertz CT molecular complexity index is 447. The fourth-order valence-electron chi connectivity index (χ4n) is 2.51. The fraction of sp³-hybridized carbons (Fsp3) is 0.500. The Morgan fingerprint density at radius 1 is 1.56 bits per heavy atom. The summed E-state index contributed by atoms with van der Waals surface area (Å²) in [6.45, 7) is 3.27. The number of hydrogen-bond donors (Lipinski definition) is 1. The van der Waals surface area contributed by atoms with Gasteiger partial charge in [0.15, 0.2) is 0 Å². The summed E-state index contributed by atoms with van der Waals surface area (Å²) in [7, 11) is 0. The molecule has 1 saturated heterocycles. The molecule has 0 radical (unpaired) electrons. The minimum Gasteiger partial charge on any atom is -0.481 e. The number of benzene rings is 1. The van der Waals surface area contributed by atoms with Crippen molar-refractivity contribution in [2.75, 3.05) is 6.54 Å². The Hall–Kier alpha value is -1.42. The van der Waals surface area contributed by atoms with E-state index in [1.807, 2.05) is 6.07 Å². The smallest absolute Gasteiger partial charge is 0.304 e. The minimum absolute atomic E-state index is 0.0897.